The third-order valence-electron chi connectivity index (χ3n) is 2.34. The lowest BCUT2D eigenvalue weighted by molar-refractivity contribution is 0.337. The molecule has 0 fully saturated rings. The van der Waals surface area contributed by atoms with Crippen LogP contribution in [-0.4, -0.2) is 21.6 Å². The third-order valence-corrected chi connectivity index (χ3v) is 2.34. The first kappa shape index (κ1) is 9.96. The van der Waals surface area contributed by atoms with Crippen molar-refractivity contribution in [3.8, 4) is 5.75 Å². The summed E-state index contributed by atoms with van der Waals surface area (Å²) in [5, 5.41) is 8.53. The van der Waals surface area contributed by atoms with Crippen molar-refractivity contribution in [3.05, 3.63) is 17.7 Å². The van der Waals surface area contributed by atoms with Crippen molar-refractivity contribution < 1.29 is 4.74 Å². The van der Waals surface area contributed by atoms with Crippen molar-refractivity contribution in [1.82, 2.24) is 15.0 Å². The molecule has 4 heteroatoms. The van der Waals surface area contributed by atoms with Crippen LogP contribution in [-0.2, 0) is 13.5 Å². The van der Waals surface area contributed by atoms with Gasteiger partial charge >= 0.3 is 0 Å². The van der Waals surface area contributed by atoms with Crippen molar-refractivity contribution in [2.24, 2.45) is 7.05 Å². The zero-order chi connectivity index (χ0) is 10.8. The van der Waals surface area contributed by atoms with E-state index in [1.54, 1.807) is 4.80 Å². The highest BCUT2D eigenvalue weighted by Crippen LogP contribution is 2.24. The molecule has 0 N–H and O–H groups in total. The monoisotopic (exact) mass is 205 g/mol. The fourth-order valence-electron chi connectivity index (χ4n) is 1.66. The van der Waals surface area contributed by atoms with Gasteiger partial charge in [0, 0.05) is 13.1 Å². The quantitative estimate of drug-likeness (QED) is 0.768. The summed E-state index contributed by atoms with van der Waals surface area (Å²) in [6.07, 6.45) is 0.946. The van der Waals surface area contributed by atoms with E-state index in [0.29, 0.717) is 6.61 Å². The Hall–Kier alpha value is -1.58. The van der Waals surface area contributed by atoms with E-state index in [0.717, 1.165) is 23.2 Å². The van der Waals surface area contributed by atoms with E-state index in [1.807, 2.05) is 26.1 Å². The number of hydrogen-bond donors (Lipinski definition) is 0. The fourth-order valence-corrected chi connectivity index (χ4v) is 1.66. The zero-order valence-corrected chi connectivity index (χ0v) is 9.32. The molecule has 0 amide bonds. The fraction of sp³-hybridized carbons (Fsp3) is 0.455. The lowest BCUT2D eigenvalue weighted by Gasteiger charge is -2.07. The van der Waals surface area contributed by atoms with Gasteiger partial charge in [0.15, 0.2) is 0 Å². The maximum atomic E-state index is 5.57. The van der Waals surface area contributed by atoms with E-state index in [-0.39, 0.29) is 0 Å². The van der Waals surface area contributed by atoms with Crippen LogP contribution in [0.5, 0.6) is 5.75 Å². The van der Waals surface area contributed by atoms with Crippen LogP contribution in [0.3, 0.4) is 0 Å². The minimum atomic E-state index is 0.679. The highest BCUT2D eigenvalue weighted by atomic mass is 16.5. The summed E-state index contributed by atoms with van der Waals surface area (Å²) in [6.45, 7) is 4.78. The molecule has 1 heterocycles. The van der Waals surface area contributed by atoms with Gasteiger partial charge in [-0.05, 0) is 25.0 Å². The van der Waals surface area contributed by atoms with Gasteiger partial charge in [-0.1, -0.05) is 6.92 Å². The molecule has 0 aliphatic carbocycles. The average Bonchev–Trinajstić information content (AvgIpc) is 2.56. The first-order chi connectivity index (χ1) is 7.24. The standard InChI is InChI=1S/C11H15N3O/c1-4-8-6-9-10(13-14(3)12-9)7-11(8)15-5-2/h6-7H,4-5H2,1-3H3. The lowest BCUT2D eigenvalue weighted by atomic mass is 10.1. The maximum absolute atomic E-state index is 5.57. The second-order valence-corrected chi connectivity index (χ2v) is 3.42. The van der Waals surface area contributed by atoms with E-state index in [4.69, 9.17) is 4.74 Å². The summed E-state index contributed by atoms with van der Waals surface area (Å²) < 4.78 is 5.57. The minimum absolute atomic E-state index is 0.679. The molecule has 0 atom stereocenters. The number of ether oxygens (including phenoxy) is 1. The molecule has 0 unspecified atom stereocenters. The van der Waals surface area contributed by atoms with Gasteiger partial charge in [0.25, 0.3) is 0 Å². The normalized spacial score (nSPS) is 10.9. The van der Waals surface area contributed by atoms with Crippen LogP contribution < -0.4 is 4.74 Å². The van der Waals surface area contributed by atoms with Crippen LogP contribution in [0.15, 0.2) is 12.1 Å². The molecule has 2 aromatic rings. The molecule has 0 spiro atoms. The van der Waals surface area contributed by atoms with E-state index in [1.165, 1.54) is 5.56 Å². The molecular formula is C11H15N3O. The largest absolute Gasteiger partial charge is 0.494 e. The Morgan fingerprint density at radius 1 is 1.20 bits per heavy atom. The SMILES string of the molecule is CCOc1cc2nn(C)nc2cc1CC. The molecule has 0 aliphatic heterocycles. The molecular weight excluding hydrogens is 190 g/mol. The number of aromatic nitrogens is 3. The van der Waals surface area contributed by atoms with Gasteiger partial charge in [0.05, 0.1) is 6.61 Å². The summed E-state index contributed by atoms with van der Waals surface area (Å²) in [7, 11) is 1.83. The molecule has 0 saturated carbocycles. The van der Waals surface area contributed by atoms with Crippen LogP contribution in [0.25, 0.3) is 11.0 Å². The number of benzene rings is 1. The molecule has 2 rings (SSSR count). The molecule has 80 valence electrons. The van der Waals surface area contributed by atoms with Crippen molar-refractivity contribution in [1.29, 1.82) is 0 Å². The average molecular weight is 205 g/mol. The maximum Gasteiger partial charge on any atom is 0.124 e. The molecule has 1 aromatic heterocycles. The van der Waals surface area contributed by atoms with Gasteiger partial charge in [0.1, 0.15) is 16.8 Å². The summed E-state index contributed by atoms with van der Waals surface area (Å²) in [4.78, 5) is 1.58. The number of aryl methyl sites for hydroxylation is 2. The number of fused-ring (bicyclic) bond motifs is 1. The van der Waals surface area contributed by atoms with Gasteiger partial charge in [-0.2, -0.15) is 15.0 Å². The highest BCUT2D eigenvalue weighted by molar-refractivity contribution is 5.77. The second-order valence-electron chi connectivity index (χ2n) is 3.42. The molecule has 1 aromatic carbocycles. The molecule has 0 aliphatic rings. The van der Waals surface area contributed by atoms with Crippen LogP contribution in [0, 0.1) is 0 Å². The smallest absolute Gasteiger partial charge is 0.124 e. The first-order valence-corrected chi connectivity index (χ1v) is 5.21. The van der Waals surface area contributed by atoms with Crippen LogP contribution in [0.2, 0.25) is 0 Å². The van der Waals surface area contributed by atoms with E-state index >= 15 is 0 Å². The number of rotatable bonds is 3. The molecule has 0 bridgehead atoms. The lowest BCUT2D eigenvalue weighted by Crippen LogP contribution is -1.95. The molecule has 0 saturated heterocycles. The Morgan fingerprint density at radius 3 is 2.47 bits per heavy atom. The number of hydrogen-bond acceptors (Lipinski definition) is 3. The van der Waals surface area contributed by atoms with Gasteiger partial charge in [-0.25, -0.2) is 0 Å². The van der Waals surface area contributed by atoms with Gasteiger partial charge in [0.2, 0.25) is 0 Å². The predicted octanol–water partition coefficient (Wildman–Crippen LogP) is 1.93. The molecule has 0 radical (unpaired) electrons. The van der Waals surface area contributed by atoms with Crippen LogP contribution in [0.4, 0.5) is 0 Å². The summed E-state index contributed by atoms with van der Waals surface area (Å²) >= 11 is 0. The summed E-state index contributed by atoms with van der Waals surface area (Å²) in [5.41, 5.74) is 3.00. The van der Waals surface area contributed by atoms with Gasteiger partial charge in [-0.3, -0.25) is 0 Å². The van der Waals surface area contributed by atoms with Crippen LogP contribution >= 0.6 is 0 Å². The second kappa shape index (κ2) is 3.88. The van der Waals surface area contributed by atoms with E-state index in [9.17, 15) is 0 Å². The predicted molar refractivity (Wildman–Crippen MR) is 59.1 cm³/mol. The van der Waals surface area contributed by atoms with Crippen molar-refractivity contribution in [2.75, 3.05) is 6.61 Å². The van der Waals surface area contributed by atoms with Gasteiger partial charge < -0.3 is 4.74 Å². The van der Waals surface area contributed by atoms with Crippen molar-refractivity contribution >= 4 is 11.0 Å². The number of nitrogens with zero attached hydrogens (tertiary/aromatic N) is 3. The highest BCUT2D eigenvalue weighted by Gasteiger charge is 2.07. The Morgan fingerprint density at radius 2 is 1.87 bits per heavy atom. The Kier molecular flexibility index (Phi) is 2.58. The van der Waals surface area contributed by atoms with E-state index < -0.39 is 0 Å². The summed E-state index contributed by atoms with van der Waals surface area (Å²) in [6, 6.07) is 4.01. The van der Waals surface area contributed by atoms with Gasteiger partial charge in [-0.15, -0.1) is 0 Å². The topological polar surface area (TPSA) is 39.9 Å². The summed E-state index contributed by atoms with van der Waals surface area (Å²) in [5.74, 6) is 0.924. The van der Waals surface area contributed by atoms with E-state index in [2.05, 4.69) is 17.1 Å². The van der Waals surface area contributed by atoms with Crippen LogP contribution in [0.1, 0.15) is 19.4 Å². The minimum Gasteiger partial charge on any atom is -0.494 e. The Bertz CT molecular complexity index is 476. The zero-order valence-electron chi connectivity index (χ0n) is 9.32. The first-order valence-electron chi connectivity index (χ1n) is 5.21. The molecule has 15 heavy (non-hydrogen) atoms. The van der Waals surface area contributed by atoms with Crippen molar-refractivity contribution in [3.63, 3.8) is 0 Å². The Balaban J connectivity index is 2.57. The van der Waals surface area contributed by atoms with Crippen molar-refractivity contribution in [2.45, 2.75) is 20.3 Å². The Labute approximate surface area is 88.8 Å². The third kappa shape index (κ3) is 1.79. The molecule has 4 nitrogen and oxygen atoms in total.